The maximum Gasteiger partial charge on any atom is 0.0991 e. The van der Waals surface area contributed by atoms with E-state index in [1.165, 1.54) is 0 Å². The smallest absolute Gasteiger partial charge is 0.0991 e. The quantitative estimate of drug-likeness (QED) is 0.799. The molecule has 0 aliphatic rings. The number of nitrogens with zero attached hydrogens (tertiary/aromatic N) is 1. The molecule has 102 valence electrons. The summed E-state index contributed by atoms with van der Waals surface area (Å²) in [5.74, 6) is 0. The predicted octanol–water partition coefficient (Wildman–Crippen LogP) is 5.46. The van der Waals surface area contributed by atoms with Gasteiger partial charge in [-0.25, -0.2) is 0 Å². The topological polar surface area (TPSA) is 35.8 Å². The van der Waals surface area contributed by atoms with E-state index in [0.29, 0.717) is 5.56 Å². The summed E-state index contributed by atoms with van der Waals surface area (Å²) in [5.41, 5.74) is 3.70. The number of nitriles is 1. The van der Waals surface area contributed by atoms with Crippen LogP contribution in [0.2, 0.25) is 5.02 Å². The molecule has 0 amide bonds. The first kappa shape index (κ1) is 14.9. The number of halogens is 2. The molecular formula is C16H14BrClN2. The maximum absolute atomic E-state index is 8.95. The third kappa shape index (κ3) is 3.33. The molecule has 0 fully saturated rings. The summed E-state index contributed by atoms with van der Waals surface area (Å²) in [6.07, 6.45) is 0. The monoisotopic (exact) mass is 348 g/mol. The third-order valence-electron chi connectivity index (χ3n) is 3.14. The molecule has 2 aromatic carbocycles. The lowest BCUT2D eigenvalue weighted by Gasteiger charge is -2.18. The van der Waals surface area contributed by atoms with Crippen LogP contribution in [0.4, 0.5) is 5.69 Å². The second-order valence-electron chi connectivity index (χ2n) is 4.68. The van der Waals surface area contributed by atoms with Crippen LogP contribution >= 0.6 is 27.5 Å². The summed E-state index contributed by atoms with van der Waals surface area (Å²) in [7, 11) is 0. The second-order valence-corrected chi connectivity index (χ2v) is 5.95. The van der Waals surface area contributed by atoms with Gasteiger partial charge in [0.05, 0.1) is 17.3 Å². The van der Waals surface area contributed by atoms with Crippen molar-refractivity contribution in [3.63, 3.8) is 0 Å². The highest BCUT2D eigenvalue weighted by Gasteiger charge is 2.10. The maximum atomic E-state index is 8.95. The highest BCUT2D eigenvalue weighted by atomic mass is 79.9. The van der Waals surface area contributed by atoms with E-state index in [9.17, 15) is 0 Å². The van der Waals surface area contributed by atoms with E-state index in [4.69, 9.17) is 16.9 Å². The summed E-state index contributed by atoms with van der Waals surface area (Å²) in [6.45, 7) is 4.02. The van der Waals surface area contributed by atoms with Crippen molar-refractivity contribution >= 4 is 33.2 Å². The van der Waals surface area contributed by atoms with Gasteiger partial charge in [0.25, 0.3) is 0 Å². The van der Waals surface area contributed by atoms with Gasteiger partial charge in [-0.05, 0) is 65.2 Å². The lowest BCUT2D eigenvalue weighted by atomic mass is 10.1. The van der Waals surface area contributed by atoms with Gasteiger partial charge in [0, 0.05) is 15.5 Å². The van der Waals surface area contributed by atoms with Gasteiger partial charge in [0.2, 0.25) is 0 Å². The summed E-state index contributed by atoms with van der Waals surface area (Å²) >= 11 is 9.70. The van der Waals surface area contributed by atoms with Gasteiger partial charge in [0.15, 0.2) is 0 Å². The lowest BCUT2D eigenvalue weighted by molar-refractivity contribution is 0.883. The van der Waals surface area contributed by atoms with E-state index < -0.39 is 0 Å². The minimum atomic E-state index is 0.0818. The van der Waals surface area contributed by atoms with Crippen LogP contribution in [-0.2, 0) is 0 Å². The summed E-state index contributed by atoms with van der Waals surface area (Å²) in [6, 6.07) is 13.7. The molecule has 2 aromatic rings. The number of aryl methyl sites for hydroxylation is 1. The predicted molar refractivity (Wildman–Crippen MR) is 87.1 cm³/mol. The normalized spacial score (nSPS) is 11.8. The molecule has 0 saturated carbocycles. The average Bonchev–Trinajstić information content (AvgIpc) is 2.44. The van der Waals surface area contributed by atoms with Gasteiger partial charge in [-0.15, -0.1) is 0 Å². The number of hydrogen-bond acceptors (Lipinski definition) is 2. The molecule has 0 spiro atoms. The molecule has 4 heteroatoms. The molecular weight excluding hydrogens is 336 g/mol. The van der Waals surface area contributed by atoms with Gasteiger partial charge in [-0.1, -0.05) is 23.7 Å². The third-order valence-corrected chi connectivity index (χ3v) is 4.20. The Bertz CT molecular complexity index is 677. The standard InChI is InChI=1S/C16H14BrClN2/c1-10-6-14(17)16(8-15(10)18)20-11(2)13-5-3-4-12(7-13)9-19/h3-8,11,20H,1-2H3. The van der Waals surface area contributed by atoms with Crippen molar-refractivity contribution in [1.29, 1.82) is 5.26 Å². The van der Waals surface area contributed by atoms with Crippen LogP contribution in [0.1, 0.15) is 29.7 Å². The molecule has 0 aliphatic carbocycles. The Balaban J connectivity index is 2.25. The fourth-order valence-corrected chi connectivity index (χ4v) is 2.69. The van der Waals surface area contributed by atoms with E-state index in [0.717, 1.165) is 26.3 Å². The van der Waals surface area contributed by atoms with E-state index in [1.807, 2.05) is 37.3 Å². The average molecular weight is 350 g/mol. The Labute approximate surface area is 132 Å². The SMILES string of the molecule is Cc1cc(Br)c(NC(C)c2cccc(C#N)c2)cc1Cl. The Morgan fingerprint density at radius 3 is 2.75 bits per heavy atom. The van der Waals surface area contributed by atoms with Crippen molar-refractivity contribution < 1.29 is 0 Å². The van der Waals surface area contributed by atoms with Crippen LogP contribution in [0.15, 0.2) is 40.9 Å². The molecule has 2 nitrogen and oxygen atoms in total. The number of anilines is 1. The molecule has 20 heavy (non-hydrogen) atoms. The molecule has 0 heterocycles. The molecule has 1 unspecified atom stereocenters. The Hall–Kier alpha value is -1.50. The van der Waals surface area contributed by atoms with Crippen molar-refractivity contribution in [1.82, 2.24) is 0 Å². The van der Waals surface area contributed by atoms with Gasteiger partial charge < -0.3 is 5.32 Å². The van der Waals surface area contributed by atoms with Crippen LogP contribution in [0, 0.1) is 18.3 Å². The zero-order chi connectivity index (χ0) is 14.7. The summed E-state index contributed by atoms with van der Waals surface area (Å²) in [5, 5.41) is 13.1. The Morgan fingerprint density at radius 1 is 1.30 bits per heavy atom. The molecule has 0 aliphatic heterocycles. The van der Waals surface area contributed by atoms with E-state index >= 15 is 0 Å². The highest BCUT2D eigenvalue weighted by Crippen LogP contribution is 2.31. The first-order chi connectivity index (χ1) is 9.51. The fourth-order valence-electron chi connectivity index (χ4n) is 1.95. The Morgan fingerprint density at radius 2 is 2.05 bits per heavy atom. The zero-order valence-corrected chi connectivity index (χ0v) is 13.6. The van der Waals surface area contributed by atoms with Crippen molar-refractivity contribution in [3.05, 3.63) is 62.6 Å². The van der Waals surface area contributed by atoms with Crippen LogP contribution in [-0.4, -0.2) is 0 Å². The zero-order valence-electron chi connectivity index (χ0n) is 11.2. The molecule has 0 bridgehead atoms. The van der Waals surface area contributed by atoms with Crippen LogP contribution < -0.4 is 5.32 Å². The van der Waals surface area contributed by atoms with Crippen LogP contribution in [0.25, 0.3) is 0 Å². The van der Waals surface area contributed by atoms with Crippen molar-refractivity contribution in [2.24, 2.45) is 0 Å². The van der Waals surface area contributed by atoms with Gasteiger partial charge in [0.1, 0.15) is 0 Å². The lowest BCUT2D eigenvalue weighted by Crippen LogP contribution is -2.07. The molecule has 0 saturated heterocycles. The van der Waals surface area contributed by atoms with Crippen LogP contribution in [0.3, 0.4) is 0 Å². The minimum Gasteiger partial charge on any atom is -0.378 e. The van der Waals surface area contributed by atoms with E-state index in [1.54, 1.807) is 6.07 Å². The first-order valence-electron chi connectivity index (χ1n) is 6.23. The number of nitrogens with one attached hydrogen (secondary N) is 1. The number of benzene rings is 2. The van der Waals surface area contributed by atoms with E-state index in [2.05, 4.69) is 34.2 Å². The number of hydrogen-bond donors (Lipinski definition) is 1. The van der Waals surface area contributed by atoms with Gasteiger partial charge >= 0.3 is 0 Å². The fraction of sp³-hybridized carbons (Fsp3) is 0.188. The minimum absolute atomic E-state index is 0.0818. The van der Waals surface area contributed by atoms with Crippen molar-refractivity contribution in [3.8, 4) is 6.07 Å². The molecule has 1 N–H and O–H groups in total. The largest absolute Gasteiger partial charge is 0.378 e. The van der Waals surface area contributed by atoms with Gasteiger partial charge in [-0.2, -0.15) is 5.26 Å². The molecule has 2 rings (SSSR count). The highest BCUT2D eigenvalue weighted by molar-refractivity contribution is 9.10. The molecule has 0 radical (unpaired) electrons. The van der Waals surface area contributed by atoms with E-state index in [-0.39, 0.29) is 6.04 Å². The van der Waals surface area contributed by atoms with Crippen molar-refractivity contribution in [2.45, 2.75) is 19.9 Å². The van der Waals surface area contributed by atoms with Gasteiger partial charge in [-0.3, -0.25) is 0 Å². The summed E-state index contributed by atoms with van der Waals surface area (Å²) < 4.78 is 0.975. The molecule has 0 aromatic heterocycles. The van der Waals surface area contributed by atoms with Crippen molar-refractivity contribution in [2.75, 3.05) is 5.32 Å². The molecule has 1 atom stereocenters. The number of rotatable bonds is 3. The second kappa shape index (κ2) is 6.30. The summed E-state index contributed by atoms with van der Waals surface area (Å²) in [4.78, 5) is 0. The first-order valence-corrected chi connectivity index (χ1v) is 7.40. The van der Waals surface area contributed by atoms with Crippen LogP contribution in [0.5, 0.6) is 0 Å². The Kier molecular flexibility index (Phi) is 4.69.